The van der Waals surface area contributed by atoms with Gasteiger partial charge in [0.15, 0.2) is 5.11 Å². The van der Waals surface area contributed by atoms with E-state index in [-0.39, 0.29) is 6.04 Å². The van der Waals surface area contributed by atoms with Gasteiger partial charge in [0.05, 0.1) is 16.9 Å². The monoisotopic (exact) mass is 291 g/mol. The van der Waals surface area contributed by atoms with Crippen molar-refractivity contribution in [3.63, 3.8) is 0 Å². The highest BCUT2D eigenvalue weighted by Crippen LogP contribution is 2.33. The first-order valence-corrected chi connectivity index (χ1v) is 7.24. The fourth-order valence-corrected chi connectivity index (χ4v) is 3.00. The molecule has 0 spiro atoms. The summed E-state index contributed by atoms with van der Waals surface area (Å²) in [6, 6.07) is 7.99. The third-order valence-electron chi connectivity index (χ3n) is 3.01. The van der Waals surface area contributed by atoms with Crippen LogP contribution >= 0.6 is 23.6 Å². The molecule has 1 aliphatic heterocycles. The van der Waals surface area contributed by atoms with Gasteiger partial charge in [-0.25, -0.2) is 5.01 Å². The number of thiocarbonyl (C=S) groups is 1. The number of thiophene rings is 1. The first kappa shape index (κ1) is 12.4. The van der Waals surface area contributed by atoms with Crippen molar-refractivity contribution in [3.8, 4) is 0 Å². The Bertz CT molecular complexity index is 589. The number of nitrogens with one attached hydrogen (secondary N) is 1. The molecule has 0 aromatic carbocycles. The zero-order chi connectivity index (χ0) is 13.2. The quantitative estimate of drug-likeness (QED) is 0.864. The molecule has 3 rings (SSSR count). The lowest BCUT2D eigenvalue weighted by atomic mass is 10.1. The van der Waals surface area contributed by atoms with E-state index in [1.165, 1.54) is 4.88 Å². The Labute approximate surface area is 120 Å². The molecule has 0 unspecified atom stereocenters. The third-order valence-corrected chi connectivity index (χ3v) is 4.32. The fourth-order valence-electron chi connectivity index (χ4n) is 2.11. The van der Waals surface area contributed by atoms with Crippen molar-refractivity contribution in [1.29, 1.82) is 0 Å². The lowest BCUT2D eigenvalue weighted by molar-refractivity contribution is 0.312. The molecule has 0 bridgehead atoms. The van der Waals surface area contributed by atoms with Crippen LogP contribution in [0.2, 0.25) is 0 Å². The van der Waals surface area contributed by atoms with Gasteiger partial charge < -0.3 is 9.73 Å². The van der Waals surface area contributed by atoms with E-state index < -0.39 is 0 Å². The van der Waals surface area contributed by atoms with Crippen molar-refractivity contribution in [2.45, 2.75) is 12.5 Å². The van der Waals surface area contributed by atoms with Crippen molar-refractivity contribution in [2.24, 2.45) is 5.10 Å². The van der Waals surface area contributed by atoms with E-state index in [0.717, 1.165) is 17.9 Å². The maximum absolute atomic E-state index is 5.51. The Hall–Kier alpha value is -1.66. The molecule has 0 radical (unpaired) electrons. The molecule has 1 aliphatic rings. The Morgan fingerprint density at radius 1 is 1.53 bits per heavy atom. The Morgan fingerprint density at radius 3 is 3.05 bits per heavy atom. The Kier molecular flexibility index (Phi) is 3.35. The van der Waals surface area contributed by atoms with Crippen LogP contribution in [-0.4, -0.2) is 22.9 Å². The molecular weight excluding hydrogens is 278 g/mol. The minimum atomic E-state index is 0.0343. The van der Waals surface area contributed by atoms with Crippen LogP contribution < -0.4 is 5.32 Å². The highest BCUT2D eigenvalue weighted by atomic mass is 32.1. The summed E-state index contributed by atoms with van der Waals surface area (Å²) in [7, 11) is 1.81. The summed E-state index contributed by atoms with van der Waals surface area (Å²) in [4.78, 5) is 1.18. The molecule has 1 N–H and O–H groups in total. The van der Waals surface area contributed by atoms with Gasteiger partial charge in [-0.1, -0.05) is 6.07 Å². The largest absolute Gasteiger partial charge is 0.467 e. The lowest BCUT2D eigenvalue weighted by Crippen LogP contribution is -2.34. The molecule has 2 aromatic heterocycles. The van der Waals surface area contributed by atoms with E-state index in [2.05, 4.69) is 21.9 Å². The molecule has 0 fully saturated rings. The van der Waals surface area contributed by atoms with Crippen LogP contribution in [0.1, 0.15) is 23.1 Å². The predicted molar refractivity (Wildman–Crippen MR) is 80.4 cm³/mol. The molecular formula is C13H13N3OS2. The van der Waals surface area contributed by atoms with Crippen molar-refractivity contribution in [1.82, 2.24) is 10.3 Å². The molecule has 19 heavy (non-hydrogen) atoms. The summed E-state index contributed by atoms with van der Waals surface area (Å²) < 4.78 is 5.51. The minimum Gasteiger partial charge on any atom is -0.467 e. The Morgan fingerprint density at radius 2 is 2.42 bits per heavy atom. The molecule has 0 saturated carbocycles. The summed E-state index contributed by atoms with van der Waals surface area (Å²) in [5, 5.41) is 12.1. The Balaban J connectivity index is 1.93. The average molecular weight is 291 g/mol. The summed E-state index contributed by atoms with van der Waals surface area (Å²) in [6.45, 7) is 0. The average Bonchev–Trinajstić information content (AvgIpc) is 3.14. The SMILES string of the molecule is CNC(=S)N1N=C(c2cccs2)C[C@H]1c1ccco1. The molecule has 0 saturated heterocycles. The first-order valence-electron chi connectivity index (χ1n) is 5.95. The van der Waals surface area contributed by atoms with Crippen LogP contribution in [0.4, 0.5) is 0 Å². The normalized spacial score (nSPS) is 18.5. The van der Waals surface area contributed by atoms with Gasteiger partial charge in [-0.2, -0.15) is 5.10 Å². The van der Waals surface area contributed by atoms with Crippen molar-refractivity contribution < 1.29 is 4.42 Å². The van der Waals surface area contributed by atoms with Gasteiger partial charge >= 0.3 is 0 Å². The zero-order valence-electron chi connectivity index (χ0n) is 10.4. The molecule has 98 valence electrons. The predicted octanol–water partition coefficient (Wildman–Crippen LogP) is 3.00. The summed E-state index contributed by atoms with van der Waals surface area (Å²) in [5.41, 5.74) is 1.05. The molecule has 0 aliphatic carbocycles. The molecule has 4 nitrogen and oxygen atoms in total. The minimum absolute atomic E-state index is 0.0343. The van der Waals surface area contributed by atoms with E-state index in [9.17, 15) is 0 Å². The van der Waals surface area contributed by atoms with E-state index >= 15 is 0 Å². The fraction of sp³-hybridized carbons (Fsp3) is 0.231. The second-order valence-corrected chi connectivity index (χ2v) is 5.49. The number of rotatable bonds is 2. The first-order chi connectivity index (χ1) is 9.29. The van der Waals surface area contributed by atoms with Crippen LogP contribution in [0.15, 0.2) is 45.4 Å². The van der Waals surface area contributed by atoms with Crippen LogP contribution in [-0.2, 0) is 0 Å². The van der Waals surface area contributed by atoms with E-state index in [1.54, 1.807) is 24.6 Å². The van der Waals surface area contributed by atoms with Gasteiger partial charge in [0.25, 0.3) is 0 Å². The highest BCUT2D eigenvalue weighted by Gasteiger charge is 2.33. The van der Waals surface area contributed by atoms with Gasteiger partial charge in [0.2, 0.25) is 0 Å². The molecule has 0 amide bonds. The van der Waals surface area contributed by atoms with Crippen molar-refractivity contribution >= 4 is 34.4 Å². The zero-order valence-corrected chi connectivity index (χ0v) is 12.0. The highest BCUT2D eigenvalue weighted by molar-refractivity contribution is 7.80. The molecule has 6 heteroatoms. The van der Waals surface area contributed by atoms with Crippen LogP contribution in [0.25, 0.3) is 0 Å². The second kappa shape index (κ2) is 5.14. The standard InChI is InChI=1S/C13H13N3OS2/c1-14-13(18)16-10(11-4-2-6-17-11)8-9(15-16)12-5-3-7-19-12/h2-7,10H,8H2,1H3,(H,14,18)/t10-/m0/s1. The van der Waals surface area contributed by atoms with Crippen molar-refractivity contribution in [3.05, 3.63) is 46.5 Å². The van der Waals surface area contributed by atoms with Crippen LogP contribution in [0.5, 0.6) is 0 Å². The summed E-state index contributed by atoms with van der Waals surface area (Å²) >= 11 is 7.01. The molecule has 3 heterocycles. The number of furan rings is 1. The lowest BCUT2D eigenvalue weighted by Gasteiger charge is -2.21. The number of hydrogen-bond acceptors (Lipinski definition) is 4. The van der Waals surface area contributed by atoms with Gasteiger partial charge in [-0.15, -0.1) is 11.3 Å². The summed E-state index contributed by atoms with van der Waals surface area (Å²) in [5.74, 6) is 0.882. The second-order valence-electron chi connectivity index (χ2n) is 4.16. The topological polar surface area (TPSA) is 40.8 Å². The maximum Gasteiger partial charge on any atom is 0.190 e. The number of nitrogens with zero attached hydrogens (tertiary/aromatic N) is 2. The van der Waals surface area contributed by atoms with Gasteiger partial charge in [0, 0.05) is 13.5 Å². The van der Waals surface area contributed by atoms with E-state index in [0.29, 0.717) is 5.11 Å². The third kappa shape index (κ3) is 2.29. The van der Waals surface area contributed by atoms with Crippen LogP contribution in [0, 0.1) is 0 Å². The van der Waals surface area contributed by atoms with Gasteiger partial charge in [0.1, 0.15) is 11.8 Å². The van der Waals surface area contributed by atoms with E-state index in [4.69, 9.17) is 16.6 Å². The van der Waals surface area contributed by atoms with Crippen molar-refractivity contribution in [2.75, 3.05) is 7.05 Å². The van der Waals surface area contributed by atoms with Crippen LogP contribution in [0.3, 0.4) is 0 Å². The number of hydrazone groups is 1. The van der Waals surface area contributed by atoms with E-state index in [1.807, 2.05) is 23.2 Å². The maximum atomic E-state index is 5.51. The molecule has 1 atom stereocenters. The molecule has 2 aromatic rings. The smallest absolute Gasteiger partial charge is 0.190 e. The van der Waals surface area contributed by atoms with Gasteiger partial charge in [-0.05, 0) is 35.8 Å². The van der Waals surface area contributed by atoms with Gasteiger partial charge in [-0.3, -0.25) is 0 Å². The number of hydrogen-bond donors (Lipinski definition) is 1. The summed E-state index contributed by atoms with van der Waals surface area (Å²) in [6.07, 6.45) is 2.48.